The van der Waals surface area contributed by atoms with Gasteiger partial charge < -0.3 is 10.6 Å². The predicted molar refractivity (Wildman–Crippen MR) is 77.0 cm³/mol. The third kappa shape index (κ3) is 3.95. The number of halogens is 1. The lowest BCUT2D eigenvalue weighted by molar-refractivity contribution is 0.626. The maximum atomic E-state index is 12.8. The Hall–Kier alpha value is -2.10. The van der Waals surface area contributed by atoms with Crippen molar-refractivity contribution in [3.63, 3.8) is 0 Å². The molecular formula is C15H18FN3. The van der Waals surface area contributed by atoms with Gasteiger partial charge in [-0.3, -0.25) is 0 Å². The number of nitrogens with zero attached hydrogens (tertiary/aromatic N) is 1. The monoisotopic (exact) mass is 259 g/mol. The molecule has 2 rings (SSSR count). The molecule has 0 bridgehead atoms. The van der Waals surface area contributed by atoms with Crippen LogP contribution in [0, 0.1) is 5.82 Å². The van der Waals surface area contributed by atoms with E-state index in [0.29, 0.717) is 0 Å². The molecule has 0 aliphatic rings. The van der Waals surface area contributed by atoms with Gasteiger partial charge in [0.1, 0.15) is 17.5 Å². The van der Waals surface area contributed by atoms with Crippen LogP contribution in [0.5, 0.6) is 0 Å². The van der Waals surface area contributed by atoms with Crippen LogP contribution in [0.25, 0.3) is 0 Å². The second-order valence-corrected chi connectivity index (χ2v) is 4.53. The summed E-state index contributed by atoms with van der Waals surface area (Å²) in [5.74, 6) is 1.47. The summed E-state index contributed by atoms with van der Waals surface area (Å²) in [4.78, 5) is 4.40. The highest BCUT2D eigenvalue weighted by molar-refractivity contribution is 5.45. The first-order valence-corrected chi connectivity index (χ1v) is 6.33. The standard InChI is InChI=1S/C15H18FN3/c1-11(10-12-6-8-13(16)9-7-12)18-15-5-3-4-14(17-2)19-15/h3-9,11H,10H2,1-2H3,(H2,17,18,19). The van der Waals surface area contributed by atoms with E-state index in [0.717, 1.165) is 23.6 Å². The van der Waals surface area contributed by atoms with Gasteiger partial charge in [-0.05, 0) is 43.2 Å². The van der Waals surface area contributed by atoms with Gasteiger partial charge in [0.2, 0.25) is 0 Å². The Kier molecular flexibility index (Phi) is 4.34. The topological polar surface area (TPSA) is 37.0 Å². The average Bonchev–Trinajstić information content (AvgIpc) is 2.41. The van der Waals surface area contributed by atoms with E-state index in [-0.39, 0.29) is 11.9 Å². The second kappa shape index (κ2) is 6.18. The molecule has 1 atom stereocenters. The van der Waals surface area contributed by atoms with Gasteiger partial charge in [-0.15, -0.1) is 0 Å². The first-order valence-electron chi connectivity index (χ1n) is 6.33. The Labute approximate surface area is 112 Å². The maximum absolute atomic E-state index is 12.8. The molecule has 0 spiro atoms. The van der Waals surface area contributed by atoms with E-state index in [4.69, 9.17) is 0 Å². The fourth-order valence-corrected chi connectivity index (χ4v) is 1.93. The van der Waals surface area contributed by atoms with E-state index in [2.05, 4.69) is 22.5 Å². The summed E-state index contributed by atoms with van der Waals surface area (Å²) in [6.45, 7) is 2.08. The fourth-order valence-electron chi connectivity index (χ4n) is 1.93. The number of aromatic nitrogens is 1. The highest BCUT2D eigenvalue weighted by Crippen LogP contribution is 2.12. The van der Waals surface area contributed by atoms with Gasteiger partial charge in [0.05, 0.1) is 0 Å². The molecule has 0 aliphatic carbocycles. The summed E-state index contributed by atoms with van der Waals surface area (Å²) >= 11 is 0. The average molecular weight is 259 g/mol. The normalized spacial score (nSPS) is 11.9. The highest BCUT2D eigenvalue weighted by Gasteiger charge is 2.05. The molecule has 1 aromatic heterocycles. The van der Waals surface area contributed by atoms with E-state index >= 15 is 0 Å². The number of anilines is 2. The summed E-state index contributed by atoms with van der Waals surface area (Å²) in [5.41, 5.74) is 1.10. The molecule has 0 saturated carbocycles. The highest BCUT2D eigenvalue weighted by atomic mass is 19.1. The Balaban J connectivity index is 1.96. The summed E-state index contributed by atoms with van der Waals surface area (Å²) in [5, 5.41) is 6.34. The number of benzene rings is 1. The molecule has 1 heterocycles. The van der Waals surface area contributed by atoms with Crippen LogP contribution in [-0.2, 0) is 6.42 Å². The minimum Gasteiger partial charge on any atom is -0.373 e. The van der Waals surface area contributed by atoms with Gasteiger partial charge in [0.25, 0.3) is 0 Å². The SMILES string of the molecule is CNc1cccc(NC(C)Cc2ccc(F)cc2)n1. The fraction of sp³-hybridized carbons (Fsp3) is 0.267. The van der Waals surface area contributed by atoms with Crippen LogP contribution in [0.1, 0.15) is 12.5 Å². The Morgan fingerprint density at radius 1 is 1.11 bits per heavy atom. The number of hydrogen-bond donors (Lipinski definition) is 2. The molecule has 0 fully saturated rings. The third-order valence-corrected chi connectivity index (χ3v) is 2.85. The quantitative estimate of drug-likeness (QED) is 0.865. The zero-order chi connectivity index (χ0) is 13.7. The second-order valence-electron chi connectivity index (χ2n) is 4.53. The van der Waals surface area contributed by atoms with Crippen LogP contribution in [0.2, 0.25) is 0 Å². The Morgan fingerprint density at radius 2 is 1.79 bits per heavy atom. The summed E-state index contributed by atoms with van der Waals surface area (Å²) in [6.07, 6.45) is 0.825. The van der Waals surface area contributed by atoms with Crippen molar-refractivity contribution in [2.24, 2.45) is 0 Å². The van der Waals surface area contributed by atoms with Crippen molar-refractivity contribution in [1.82, 2.24) is 4.98 Å². The lowest BCUT2D eigenvalue weighted by atomic mass is 10.1. The number of rotatable bonds is 5. The van der Waals surface area contributed by atoms with Crippen molar-refractivity contribution in [2.75, 3.05) is 17.7 Å². The molecule has 0 saturated heterocycles. The van der Waals surface area contributed by atoms with Gasteiger partial charge >= 0.3 is 0 Å². The Bertz CT molecular complexity index is 525. The third-order valence-electron chi connectivity index (χ3n) is 2.85. The van der Waals surface area contributed by atoms with Gasteiger partial charge in [-0.1, -0.05) is 18.2 Å². The number of nitrogens with one attached hydrogen (secondary N) is 2. The van der Waals surface area contributed by atoms with Gasteiger partial charge in [-0.2, -0.15) is 0 Å². The summed E-state index contributed by atoms with van der Waals surface area (Å²) in [6, 6.07) is 12.6. The molecule has 1 aromatic carbocycles. The maximum Gasteiger partial charge on any atom is 0.128 e. The van der Waals surface area contributed by atoms with Gasteiger partial charge in [0.15, 0.2) is 0 Å². The smallest absolute Gasteiger partial charge is 0.128 e. The molecule has 0 radical (unpaired) electrons. The van der Waals surface area contributed by atoms with Crippen LogP contribution >= 0.6 is 0 Å². The molecular weight excluding hydrogens is 241 g/mol. The predicted octanol–water partition coefficient (Wildman–Crippen LogP) is 3.31. The lowest BCUT2D eigenvalue weighted by Crippen LogP contribution is -2.19. The molecule has 4 heteroatoms. The van der Waals surface area contributed by atoms with Crippen LogP contribution < -0.4 is 10.6 Å². The van der Waals surface area contributed by atoms with E-state index < -0.39 is 0 Å². The van der Waals surface area contributed by atoms with Gasteiger partial charge in [0, 0.05) is 13.1 Å². The molecule has 1 unspecified atom stereocenters. The minimum absolute atomic E-state index is 0.201. The number of hydrogen-bond acceptors (Lipinski definition) is 3. The largest absolute Gasteiger partial charge is 0.373 e. The zero-order valence-corrected chi connectivity index (χ0v) is 11.2. The van der Waals surface area contributed by atoms with Crippen LogP contribution in [0.4, 0.5) is 16.0 Å². The van der Waals surface area contributed by atoms with Gasteiger partial charge in [-0.25, -0.2) is 9.37 Å². The molecule has 2 N–H and O–H groups in total. The van der Waals surface area contributed by atoms with Crippen molar-refractivity contribution < 1.29 is 4.39 Å². The molecule has 3 nitrogen and oxygen atoms in total. The van der Waals surface area contributed by atoms with E-state index in [9.17, 15) is 4.39 Å². The van der Waals surface area contributed by atoms with E-state index in [1.54, 1.807) is 0 Å². The molecule has 0 amide bonds. The first-order chi connectivity index (χ1) is 9.17. The van der Waals surface area contributed by atoms with Crippen LogP contribution in [0.15, 0.2) is 42.5 Å². The van der Waals surface area contributed by atoms with Crippen molar-refractivity contribution in [1.29, 1.82) is 0 Å². The Morgan fingerprint density at radius 3 is 2.47 bits per heavy atom. The minimum atomic E-state index is -0.201. The zero-order valence-electron chi connectivity index (χ0n) is 11.2. The molecule has 0 aliphatic heterocycles. The first kappa shape index (κ1) is 13.3. The molecule has 100 valence electrons. The molecule has 2 aromatic rings. The van der Waals surface area contributed by atoms with Crippen molar-refractivity contribution in [3.05, 3.63) is 53.8 Å². The number of pyridine rings is 1. The van der Waals surface area contributed by atoms with Crippen molar-refractivity contribution in [2.45, 2.75) is 19.4 Å². The van der Waals surface area contributed by atoms with E-state index in [1.165, 1.54) is 12.1 Å². The summed E-state index contributed by atoms with van der Waals surface area (Å²) in [7, 11) is 1.84. The van der Waals surface area contributed by atoms with E-state index in [1.807, 2.05) is 37.4 Å². The van der Waals surface area contributed by atoms with Crippen LogP contribution in [0.3, 0.4) is 0 Å². The van der Waals surface area contributed by atoms with Crippen molar-refractivity contribution >= 4 is 11.6 Å². The lowest BCUT2D eigenvalue weighted by Gasteiger charge is -2.15. The summed E-state index contributed by atoms with van der Waals surface area (Å²) < 4.78 is 12.8. The molecule has 19 heavy (non-hydrogen) atoms. The van der Waals surface area contributed by atoms with Crippen LogP contribution in [-0.4, -0.2) is 18.1 Å². The van der Waals surface area contributed by atoms with Crippen molar-refractivity contribution in [3.8, 4) is 0 Å².